The van der Waals surface area contributed by atoms with Crippen molar-refractivity contribution in [3.63, 3.8) is 0 Å². The van der Waals surface area contributed by atoms with E-state index in [4.69, 9.17) is 9.47 Å². The highest BCUT2D eigenvalue weighted by Crippen LogP contribution is 1.98. The zero-order valence-corrected chi connectivity index (χ0v) is 7.55. The van der Waals surface area contributed by atoms with Gasteiger partial charge in [-0.25, -0.2) is 0 Å². The van der Waals surface area contributed by atoms with E-state index < -0.39 is 0 Å². The van der Waals surface area contributed by atoms with E-state index in [1.807, 2.05) is 0 Å². The largest absolute Gasteiger partial charge is 0.351 e. The Labute approximate surface area is 63.1 Å². The summed E-state index contributed by atoms with van der Waals surface area (Å²) in [7, 11) is 9.62. The monoisotopic (exact) mass is 148 g/mol. The van der Waals surface area contributed by atoms with Crippen molar-refractivity contribution in [3.05, 3.63) is 0 Å². The Morgan fingerprint density at radius 1 is 1.10 bits per heavy atom. The third kappa shape index (κ3) is 4.73. The summed E-state index contributed by atoms with van der Waals surface area (Å²) < 4.78 is 10.9. The van der Waals surface area contributed by atoms with E-state index >= 15 is 0 Å². The Balaban J connectivity index is 3.63. The molecule has 0 rings (SSSR count). The number of hydrogen-bond donors (Lipinski definition) is 0. The van der Waals surface area contributed by atoms with Gasteiger partial charge in [0.25, 0.3) is 0 Å². The second-order valence-corrected chi connectivity index (χ2v) is 3.37. The third-order valence-electron chi connectivity index (χ3n) is 1.22. The van der Waals surface area contributed by atoms with Gasteiger partial charge in [0.15, 0.2) is 0 Å². The number of methoxy groups -OCH3 is 2. The summed E-state index contributed by atoms with van der Waals surface area (Å²) in [4.78, 5) is 0. The molecule has 0 aliphatic heterocycles. The van der Waals surface area contributed by atoms with Crippen molar-refractivity contribution in [2.75, 3.05) is 41.9 Å². The molecule has 0 atom stereocenters. The summed E-state index contributed by atoms with van der Waals surface area (Å²) in [5.74, 6) is 0. The first-order chi connectivity index (χ1) is 4.49. The Morgan fingerprint density at radius 3 is 1.60 bits per heavy atom. The molecule has 0 radical (unpaired) electrons. The van der Waals surface area contributed by atoms with Crippen LogP contribution in [0.25, 0.3) is 0 Å². The average molecular weight is 148 g/mol. The molecule has 0 fully saturated rings. The van der Waals surface area contributed by atoms with E-state index in [-0.39, 0.29) is 6.29 Å². The van der Waals surface area contributed by atoms with Gasteiger partial charge in [0.1, 0.15) is 6.54 Å². The van der Waals surface area contributed by atoms with Crippen molar-refractivity contribution in [2.45, 2.75) is 6.29 Å². The van der Waals surface area contributed by atoms with E-state index in [1.165, 1.54) is 0 Å². The number of hydrogen-bond acceptors (Lipinski definition) is 2. The normalized spacial score (nSPS) is 12.6. The predicted molar refractivity (Wildman–Crippen MR) is 40.7 cm³/mol. The molecule has 0 aromatic heterocycles. The number of quaternary nitrogens is 1. The zero-order valence-electron chi connectivity index (χ0n) is 7.55. The van der Waals surface area contributed by atoms with E-state index in [2.05, 4.69) is 21.1 Å². The number of ether oxygens (including phenoxy) is 2. The maximum atomic E-state index is 5.04. The molecule has 0 saturated heterocycles. The van der Waals surface area contributed by atoms with Gasteiger partial charge in [0.2, 0.25) is 6.29 Å². The molecular weight excluding hydrogens is 130 g/mol. The van der Waals surface area contributed by atoms with Crippen molar-refractivity contribution in [1.82, 2.24) is 0 Å². The molecule has 0 bridgehead atoms. The van der Waals surface area contributed by atoms with Crippen LogP contribution in [0.3, 0.4) is 0 Å². The van der Waals surface area contributed by atoms with E-state index in [0.717, 1.165) is 11.0 Å². The van der Waals surface area contributed by atoms with E-state index in [0.29, 0.717) is 0 Å². The molecule has 0 unspecified atom stereocenters. The first-order valence-electron chi connectivity index (χ1n) is 3.35. The molecule has 0 heterocycles. The van der Waals surface area contributed by atoms with E-state index in [1.54, 1.807) is 14.2 Å². The maximum Gasteiger partial charge on any atom is 0.207 e. The fourth-order valence-corrected chi connectivity index (χ4v) is 0.693. The van der Waals surface area contributed by atoms with Crippen LogP contribution in [-0.4, -0.2) is 52.7 Å². The Morgan fingerprint density at radius 2 is 1.50 bits per heavy atom. The molecule has 0 aliphatic rings. The quantitative estimate of drug-likeness (QED) is 0.422. The van der Waals surface area contributed by atoms with Crippen molar-refractivity contribution in [1.29, 1.82) is 0 Å². The summed E-state index contributed by atoms with van der Waals surface area (Å²) in [6.45, 7) is 0.868. The Bertz CT molecular complexity index is 84.1. The maximum absolute atomic E-state index is 5.04. The summed E-state index contributed by atoms with van der Waals surface area (Å²) >= 11 is 0. The zero-order chi connectivity index (χ0) is 8.20. The minimum absolute atomic E-state index is 0.0833. The van der Waals surface area contributed by atoms with Gasteiger partial charge >= 0.3 is 0 Å². The summed E-state index contributed by atoms with van der Waals surface area (Å²) in [6.07, 6.45) is -0.0833. The molecule has 3 nitrogen and oxygen atoms in total. The third-order valence-corrected chi connectivity index (χ3v) is 1.22. The smallest absolute Gasteiger partial charge is 0.207 e. The molecule has 0 aromatic rings. The standard InChI is InChI=1S/C7H18NO2/c1-8(2,3)6-7(9-4)10-5/h7H,6H2,1-5H3/q+1. The summed E-state index contributed by atoms with van der Waals surface area (Å²) in [5.41, 5.74) is 0. The molecule has 0 amide bonds. The molecule has 0 spiro atoms. The lowest BCUT2D eigenvalue weighted by atomic mass is 10.5. The molecule has 0 aliphatic carbocycles. The molecule has 0 aromatic carbocycles. The van der Waals surface area contributed by atoms with Crippen LogP contribution in [0.2, 0.25) is 0 Å². The van der Waals surface area contributed by atoms with Crippen LogP contribution >= 0.6 is 0 Å². The van der Waals surface area contributed by atoms with Crippen LogP contribution < -0.4 is 0 Å². The van der Waals surface area contributed by atoms with Crippen LogP contribution in [0.15, 0.2) is 0 Å². The molecule has 0 N–H and O–H groups in total. The Kier molecular flexibility index (Phi) is 3.86. The second-order valence-electron chi connectivity index (χ2n) is 3.37. The average Bonchev–Trinajstić information content (AvgIpc) is 1.81. The van der Waals surface area contributed by atoms with Crippen molar-refractivity contribution in [3.8, 4) is 0 Å². The van der Waals surface area contributed by atoms with Gasteiger partial charge in [-0.1, -0.05) is 0 Å². The second kappa shape index (κ2) is 3.91. The lowest BCUT2D eigenvalue weighted by Crippen LogP contribution is -2.42. The first-order valence-corrected chi connectivity index (χ1v) is 3.35. The van der Waals surface area contributed by atoms with Gasteiger partial charge in [-0.3, -0.25) is 0 Å². The van der Waals surface area contributed by atoms with Gasteiger partial charge in [-0.2, -0.15) is 0 Å². The number of likely N-dealkylation sites (N-methyl/N-ethyl adjacent to an activating group) is 1. The van der Waals surface area contributed by atoms with Gasteiger partial charge in [0.05, 0.1) is 21.1 Å². The van der Waals surface area contributed by atoms with Crippen LogP contribution in [0.4, 0.5) is 0 Å². The lowest BCUT2D eigenvalue weighted by Gasteiger charge is -2.27. The van der Waals surface area contributed by atoms with Crippen molar-refractivity contribution >= 4 is 0 Å². The fourth-order valence-electron chi connectivity index (χ4n) is 0.693. The molecule has 62 valence electrons. The van der Waals surface area contributed by atoms with Gasteiger partial charge in [-0.15, -0.1) is 0 Å². The predicted octanol–water partition coefficient (Wildman–Crippen LogP) is 0.311. The minimum atomic E-state index is -0.0833. The fraction of sp³-hybridized carbons (Fsp3) is 1.00. The highest BCUT2D eigenvalue weighted by molar-refractivity contribution is 4.36. The van der Waals surface area contributed by atoms with Crippen LogP contribution in [0.5, 0.6) is 0 Å². The topological polar surface area (TPSA) is 18.5 Å². The lowest BCUT2D eigenvalue weighted by molar-refractivity contribution is -0.876. The van der Waals surface area contributed by atoms with Crippen LogP contribution in [0, 0.1) is 0 Å². The summed E-state index contributed by atoms with van der Waals surface area (Å²) in [6, 6.07) is 0. The molecule has 0 saturated carbocycles. The van der Waals surface area contributed by atoms with Crippen molar-refractivity contribution in [2.24, 2.45) is 0 Å². The van der Waals surface area contributed by atoms with Crippen LogP contribution in [-0.2, 0) is 9.47 Å². The number of rotatable bonds is 4. The highest BCUT2D eigenvalue weighted by Gasteiger charge is 2.15. The minimum Gasteiger partial charge on any atom is -0.351 e. The van der Waals surface area contributed by atoms with Gasteiger partial charge in [0, 0.05) is 14.2 Å². The van der Waals surface area contributed by atoms with Gasteiger partial charge in [-0.05, 0) is 0 Å². The number of nitrogens with zero attached hydrogens (tertiary/aromatic N) is 1. The Hall–Kier alpha value is -0.120. The molecule has 10 heavy (non-hydrogen) atoms. The molecular formula is C7H18NO2+. The summed E-state index contributed by atoms with van der Waals surface area (Å²) in [5, 5.41) is 0. The van der Waals surface area contributed by atoms with E-state index in [9.17, 15) is 0 Å². The molecule has 3 heteroatoms. The van der Waals surface area contributed by atoms with Crippen LogP contribution in [0.1, 0.15) is 0 Å². The first kappa shape index (κ1) is 9.88. The van der Waals surface area contributed by atoms with Gasteiger partial charge < -0.3 is 14.0 Å². The SMILES string of the molecule is COC(C[N+](C)(C)C)OC. The van der Waals surface area contributed by atoms with Crippen molar-refractivity contribution < 1.29 is 14.0 Å². The highest BCUT2D eigenvalue weighted by atomic mass is 16.7.